The van der Waals surface area contributed by atoms with Crippen LogP contribution in [0.4, 0.5) is 5.69 Å². The predicted molar refractivity (Wildman–Crippen MR) is 119 cm³/mol. The minimum absolute atomic E-state index is 0.143. The Bertz CT molecular complexity index is 1290. The van der Waals surface area contributed by atoms with Crippen molar-refractivity contribution in [3.05, 3.63) is 78.9 Å². The number of anilines is 1. The number of benzene rings is 2. The van der Waals surface area contributed by atoms with Gasteiger partial charge >= 0.3 is 0 Å². The van der Waals surface area contributed by atoms with Crippen LogP contribution in [0.25, 0.3) is 5.82 Å². The third-order valence-electron chi connectivity index (χ3n) is 4.47. The molecular weight excluding hydrogens is 430 g/mol. The normalized spacial score (nSPS) is 11.2. The zero-order valence-electron chi connectivity index (χ0n) is 17.5. The molecule has 0 bridgehead atoms. The van der Waals surface area contributed by atoms with Crippen molar-refractivity contribution in [1.82, 2.24) is 19.7 Å². The van der Waals surface area contributed by atoms with Crippen LogP contribution >= 0.6 is 0 Å². The van der Waals surface area contributed by atoms with Gasteiger partial charge in [0.1, 0.15) is 17.3 Å². The lowest BCUT2D eigenvalue weighted by atomic mass is 10.3. The fourth-order valence-electron chi connectivity index (χ4n) is 2.92. The quantitative estimate of drug-likeness (QED) is 0.432. The molecule has 0 aliphatic carbocycles. The molecule has 4 aromatic rings. The van der Waals surface area contributed by atoms with E-state index in [1.807, 2.05) is 18.4 Å². The number of hydrogen-bond acceptors (Lipinski definition) is 7. The van der Waals surface area contributed by atoms with Gasteiger partial charge < -0.3 is 9.47 Å². The van der Waals surface area contributed by atoms with Crippen molar-refractivity contribution < 1.29 is 17.9 Å². The van der Waals surface area contributed by atoms with Gasteiger partial charge in [0.05, 0.1) is 11.5 Å². The second-order valence-electron chi connectivity index (χ2n) is 6.71. The highest BCUT2D eigenvalue weighted by Gasteiger charge is 2.14. The lowest BCUT2D eigenvalue weighted by Gasteiger charge is -2.10. The van der Waals surface area contributed by atoms with Crippen molar-refractivity contribution in [3.8, 4) is 23.2 Å². The van der Waals surface area contributed by atoms with Crippen LogP contribution < -0.4 is 14.2 Å². The van der Waals surface area contributed by atoms with E-state index in [0.29, 0.717) is 35.5 Å². The van der Waals surface area contributed by atoms with Gasteiger partial charge in [-0.25, -0.2) is 13.4 Å². The van der Waals surface area contributed by atoms with Crippen LogP contribution in [-0.4, -0.2) is 34.8 Å². The lowest BCUT2D eigenvalue weighted by molar-refractivity contribution is 0.340. The van der Waals surface area contributed by atoms with Crippen molar-refractivity contribution in [2.24, 2.45) is 0 Å². The van der Waals surface area contributed by atoms with E-state index in [0.717, 1.165) is 5.82 Å². The molecule has 1 N–H and O–H groups in total. The van der Waals surface area contributed by atoms with Crippen molar-refractivity contribution in [2.45, 2.75) is 18.7 Å². The smallest absolute Gasteiger partial charge is 0.261 e. The third-order valence-corrected chi connectivity index (χ3v) is 5.87. The van der Waals surface area contributed by atoms with E-state index in [4.69, 9.17) is 9.47 Å². The molecule has 2 aromatic heterocycles. The first-order chi connectivity index (χ1) is 15.4. The maximum atomic E-state index is 12.6. The molecular formula is C22H21N5O4S. The number of hydrogen-bond donors (Lipinski definition) is 1. The van der Waals surface area contributed by atoms with Gasteiger partial charge in [0.25, 0.3) is 10.0 Å². The molecule has 0 aliphatic rings. The summed E-state index contributed by atoms with van der Waals surface area (Å²) in [6.45, 7) is 4.25. The van der Waals surface area contributed by atoms with Crippen molar-refractivity contribution >= 4 is 15.7 Å². The van der Waals surface area contributed by atoms with Gasteiger partial charge in [0, 0.05) is 24.1 Å². The van der Waals surface area contributed by atoms with E-state index >= 15 is 0 Å². The van der Waals surface area contributed by atoms with Gasteiger partial charge in [-0.1, -0.05) is 0 Å². The van der Waals surface area contributed by atoms with Crippen molar-refractivity contribution in [3.63, 3.8) is 0 Å². The van der Waals surface area contributed by atoms with Gasteiger partial charge in [0.15, 0.2) is 5.82 Å². The van der Waals surface area contributed by atoms with E-state index in [9.17, 15) is 8.42 Å². The number of aryl methyl sites for hydroxylation is 1. The van der Waals surface area contributed by atoms with Crippen LogP contribution in [0.5, 0.6) is 17.4 Å². The highest BCUT2D eigenvalue weighted by molar-refractivity contribution is 7.92. The van der Waals surface area contributed by atoms with Gasteiger partial charge in [-0.2, -0.15) is 0 Å². The molecule has 0 fully saturated rings. The molecule has 0 spiro atoms. The van der Waals surface area contributed by atoms with Gasteiger partial charge in [-0.15, -0.1) is 10.2 Å². The molecule has 0 saturated heterocycles. The molecule has 4 rings (SSSR count). The highest BCUT2D eigenvalue weighted by Crippen LogP contribution is 2.24. The Balaban J connectivity index is 1.41. The standard InChI is InChI=1S/C22H21N5O4S/c1-3-30-18-8-10-20(11-9-18)32(28,29)26-17-4-6-19(7-5-17)31-22-13-12-21(24-25-22)27-15-14-23-16(27)2/h4-15,26H,3H2,1-2H3. The Morgan fingerprint density at radius 3 is 2.25 bits per heavy atom. The summed E-state index contributed by atoms with van der Waals surface area (Å²) in [5.74, 6) is 2.86. The van der Waals surface area contributed by atoms with Gasteiger partial charge in [-0.05, 0) is 68.4 Å². The topological polar surface area (TPSA) is 108 Å². The van der Waals surface area contributed by atoms with E-state index in [2.05, 4.69) is 19.9 Å². The van der Waals surface area contributed by atoms with Crippen LogP contribution in [0.3, 0.4) is 0 Å². The number of rotatable bonds is 8. The zero-order chi connectivity index (χ0) is 22.6. The molecule has 9 nitrogen and oxygen atoms in total. The Labute approximate surface area is 185 Å². The zero-order valence-corrected chi connectivity index (χ0v) is 18.3. The van der Waals surface area contributed by atoms with Crippen molar-refractivity contribution in [1.29, 1.82) is 0 Å². The molecule has 0 radical (unpaired) electrons. The largest absolute Gasteiger partial charge is 0.494 e. The van der Waals surface area contributed by atoms with Crippen molar-refractivity contribution in [2.75, 3.05) is 11.3 Å². The number of nitrogens with one attached hydrogen (secondary N) is 1. The summed E-state index contributed by atoms with van der Waals surface area (Å²) < 4.78 is 40.6. The molecule has 0 atom stereocenters. The molecule has 164 valence electrons. The fourth-order valence-corrected chi connectivity index (χ4v) is 3.98. The average Bonchev–Trinajstić information content (AvgIpc) is 3.22. The minimum Gasteiger partial charge on any atom is -0.494 e. The van der Waals surface area contributed by atoms with Crippen LogP contribution in [0, 0.1) is 6.92 Å². The maximum Gasteiger partial charge on any atom is 0.261 e. The van der Waals surface area contributed by atoms with E-state index in [-0.39, 0.29) is 4.90 Å². The van der Waals surface area contributed by atoms with E-state index in [1.54, 1.807) is 60.9 Å². The maximum absolute atomic E-state index is 12.6. The summed E-state index contributed by atoms with van der Waals surface area (Å²) in [5, 5.41) is 8.21. The molecule has 0 aliphatic heterocycles. The molecule has 0 unspecified atom stereocenters. The molecule has 32 heavy (non-hydrogen) atoms. The summed E-state index contributed by atoms with van der Waals surface area (Å²) in [5.41, 5.74) is 0.406. The second kappa shape index (κ2) is 9.06. The molecule has 0 amide bonds. The Hall–Kier alpha value is -3.92. The predicted octanol–water partition coefficient (Wildman–Crippen LogP) is 3.96. The molecule has 2 aromatic carbocycles. The highest BCUT2D eigenvalue weighted by atomic mass is 32.2. The summed E-state index contributed by atoms with van der Waals surface area (Å²) in [6.07, 6.45) is 3.49. The number of aromatic nitrogens is 4. The number of nitrogens with zero attached hydrogens (tertiary/aromatic N) is 4. The Morgan fingerprint density at radius 1 is 0.938 bits per heavy atom. The van der Waals surface area contributed by atoms with Crippen LogP contribution in [0.2, 0.25) is 0 Å². The molecule has 0 saturated carbocycles. The first kappa shape index (κ1) is 21.3. The Kier molecular flexibility index (Phi) is 6.04. The van der Waals surface area contributed by atoms with Gasteiger partial charge in [0.2, 0.25) is 5.88 Å². The summed E-state index contributed by atoms with van der Waals surface area (Å²) in [7, 11) is -3.72. The summed E-state index contributed by atoms with van der Waals surface area (Å²) >= 11 is 0. The van der Waals surface area contributed by atoms with E-state index < -0.39 is 10.0 Å². The fraction of sp³-hybridized carbons (Fsp3) is 0.136. The lowest BCUT2D eigenvalue weighted by Crippen LogP contribution is -2.12. The SMILES string of the molecule is CCOc1ccc(S(=O)(=O)Nc2ccc(Oc3ccc(-n4ccnc4C)nn3)cc2)cc1. The Morgan fingerprint density at radius 2 is 1.66 bits per heavy atom. The van der Waals surface area contributed by atoms with Gasteiger partial charge in [-0.3, -0.25) is 9.29 Å². The molecule has 10 heteroatoms. The number of imidazole rings is 1. The number of sulfonamides is 1. The average molecular weight is 452 g/mol. The minimum atomic E-state index is -3.72. The van der Waals surface area contributed by atoms with Crippen LogP contribution in [-0.2, 0) is 10.0 Å². The van der Waals surface area contributed by atoms with E-state index in [1.165, 1.54) is 12.1 Å². The summed E-state index contributed by atoms with van der Waals surface area (Å²) in [4.78, 5) is 4.30. The first-order valence-corrected chi connectivity index (χ1v) is 11.3. The number of ether oxygens (including phenoxy) is 2. The monoisotopic (exact) mass is 451 g/mol. The van der Waals surface area contributed by atoms with Crippen LogP contribution in [0.1, 0.15) is 12.7 Å². The first-order valence-electron chi connectivity index (χ1n) is 9.82. The van der Waals surface area contributed by atoms with Crippen LogP contribution in [0.15, 0.2) is 78.0 Å². The third kappa shape index (κ3) is 4.86. The second-order valence-corrected chi connectivity index (χ2v) is 8.39. The summed E-state index contributed by atoms with van der Waals surface area (Å²) in [6, 6.07) is 16.2. The molecule has 2 heterocycles.